The normalized spacial score (nSPS) is 24.2. The van der Waals surface area contributed by atoms with Gasteiger partial charge in [-0.15, -0.1) is 0 Å². The SMILES string of the molecule is NC1=NC2(c3ccc(F)c(NC(=O)c4ccc(Cl)cn4)c3)CCOCC2CS1. The van der Waals surface area contributed by atoms with Crippen LogP contribution in [0, 0.1) is 11.7 Å². The number of hydrogen-bond acceptors (Lipinski definition) is 6. The number of amidine groups is 1. The number of benzene rings is 1. The van der Waals surface area contributed by atoms with E-state index >= 15 is 0 Å². The van der Waals surface area contributed by atoms with Crippen molar-refractivity contribution in [2.75, 3.05) is 24.3 Å². The van der Waals surface area contributed by atoms with Crippen molar-refractivity contribution in [1.29, 1.82) is 0 Å². The van der Waals surface area contributed by atoms with Gasteiger partial charge in [-0.25, -0.2) is 9.37 Å². The molecule has 2 atom stereocenters. The van der Waals surface area contributed by atoms with Crippen LogP contribution in [0.2, 0.25) is 5.02 Å². The molecule has 28 heavy (non-hydrogen) atoms. The molecule has 1 fully saturated rings. The summed E-state index contributed by atoms with van der Waals surface area (Å²) in [5, 5.41) is 3.52. The molecule has 1 aromatic carbocycles. The van der Waals surface area contributed by atoms with Crippen LogP contribution in [-0.4, -0.2) is 35.0 Å². The highest BCUT2D eigenvalue weighted by molar-refractivity contribution is 8.13. The lowest BCUT2D eigenvalue weighted by Crippen LogP contribution is -2.46. The van der Waals surface area contributed by atoms with Crippen LogP contribution in [0.5, 0.6) is 0 Å². The summed E-state index contributed by atoms with van der Waals surface area (Å²) in [6.45, 7) is 1.11. The topological polar surface area (TPSA) is 89.6 Å². The number of hydrogen-bond donors (Lipinski definition) is 2. The van der Waals surface area contributed by atoms with Gasteiger partial charge < -0.3 is 15.8 Å². The molecule has 2 aliphatic heterocycles. The Labute approximate surface area is 170 Å². The zero-order chi connectivity index (χ0) is 19.7. The van der Waals surface area contributed by atoms with Gasteiger partial charge in [-0.1, -0.05) is 29.4 Å². The summed E-state index contributed by atoms with van der Waals surface area (Å²) >= 11 is 7.29. The van der Waals surface area contributed by atoms with Gasteiger partial charge in [0.05, 0.1) is 22.9 Å². The van der Waals surface area contributed by atoms with Gasteiger partial charge in [0, 0.05) is 30.9 Å². The number of carbonyl (C=O) groups excluding carboxylic acids is 1. The van der Waals surface area contributed by atoms with Gasteiger partial charge in [0.25, 0.3) is 5.91 Å². The second kappa shape index (κ2) is 7.69. The molecular weight excluding hydrogens is 403 g/mol. The number of ether oxygens (including phenoxy) is 1. The minimum atomic E-state index is -0.570. The minimum absolute atomic E-state index is 0.0749. The fraction of sp³-hybridized carbons (Fsp3) is 0.316. The third-order valence-electron chi connectivity index (χ3n) is 5.04. The second-order valence-electron chi connectivity index (χ2n) is 6.72. The fourth-order valence-corrected chi connectivity index (χ4v) is 4.66. The number of aromatic nitrogens is 1. The van der Waals surface area contributed by atoms with Crippen LogP contribution in [-0.2, 0) is 10.3 Å². The van der Waals surface area contributed by atoms with E-state index in [1.54, 1.807) is 18.2 Å². The molecular formula is C19H18ClFN4O2S. The highest BCUT2D eigenvalue weighted by Gasteiger charge is 2.45. The first-order valence-corrected chi connectivity index (χ1v) is 10.1. The van der Waals surface area contributed by atoms with Gasteiger partial charge in [0.1, 0.15) is 11.5 Å². The lowest BCUT2D eigenvalue weighted by Gasteiger charge is -2.44. The van der Waals surface area contributed by atoms with E-state index in [4.69, 9.17) is 27.1 Å². The first-order chi connectivity index (χ1) is 13.5. The first-order valence-electron chi connectivity index (χ1n) is 8.77. The molecule has 0 aliphatic carbocycles. The number of carbonyl (C=O) groups is 1. The Kier molecular flexibility index (Phi) is 5.27. The molecule has 0 saturated carbocycles. The molecule has 6 nitrogen and oxygen atoms in total. The van der Waals surface area contributed by atoms with Crippen LogP contribution in [0.25, 0.3) is 0 Å². The number of pyridine rings is 1. The number of anilines is 1. The van der Waals surface area contributed by atoms with Gasteiger partial charge in [0.15, 0.2) is 5.17 Å². The molecule has 1 saturated heterocycles. The van der Waals surface area contributed by atoms with Crippen LogP contribution in [0.15, 0.2) is 41.5 Å². The van der Waals surface area contributed by atoms with Crippen LogP contribution in [0.4, 0.5) is 10.1 Å². The standard InChI is InChI=1S/C19H18ClFN4O2S/c20-13-2-4-15(23-8-13)17(26)24-16-7-11(1-3-14(16)21)19-5-6-27-9-12(19)10-28-18(22)25-19/h1-4,7-8,12H,5-6,9-10H2,(H2,22,25)(H,24,26). The van der Waals surface area contributed by atoms with Crippen LogP contribution in [0.1, 0.15) is 22.5 Å². The number of nitrogens with two attached hydrogens (primary N) is 1. The maximum Gasteiger partial charge on any atom is 0.274 e. The monoisotopic (exact) mass is 420 g/mol. The number of nitrogens with one attached hydrogen (secondary N) is 1. The first kappa shape index (κ1) is 19.2. The molecule has 2 aromatic rings. The molecule has 0 bridgehead atoms. The summed E-state index contributed by atoms with van der Waals surface area (Å²) < 4.78 is 20.1. The van der Waals surface area contributed by atoms with Gasteiger partial charge in [-0.2, -0.15) is 0 Å². The molecule has 3 N–H and O–H groups in total. The average Bonchev–Trinajstić information content (AvgIpc) is 2.69. The van der Waals surface area contributed by atoms with E-state index in [9.17, 15) is 9.18 Å². The quantitative estimate of drug-likeness (QED) is 0.794. The number of aliphatic imine (C=N–C) groups is 1. The zero-order valence-electron chi connectivity index (χ0n) is 14.8. The largest absolute Gasteiger partial charge is 0.381 e. The average molecular weight is 421 g/mol. The van der Waals surface area contributed by atoms with E-state index in [1.165, 1.54) is 30.1 Å². The summed E-state index contributed by atoms with van der Waals surface area (Å²) in [6.07, 6.45) is 2.02. The van der Waals surface area contributed by atoms with Crippen LogP contribution < -0.4 is 11.1 Å². The van der Waals surface area contributed by atoms with Gasteiger partial charge >= 0.3 is 0 Å². The maximum atomic E-state index is 14.4. The number of thioether (sulfide) groups is 1. The zero-order valence-corrected chi connectivity index (χ0v) is 16.4. The van der Waals surface area contributed by atoms with Crippen molar-refractivity contribution in [2.45, 2.75) is 12.0 Å². The number of amides is 1. The molecule has 9 heteroatoms. The minimum Gasteiger partial charge on any atom is -0.381 e. The van der Waals surface area contributed by atoms with Crippen molar-refractivity contribution < 1.29 is 13.9 Å². The van der Waals surface area contributed by atoms with Gasteiger partial charge in [-0.3, -0.25) is 9.79 Å². The molecule has 2 unspecified atom stereocenters. The van der Waals surface area contributed by atoms with Gasteiger partial charge in [0.2, 0.25) is 0 Å². The summed E-state index contributed by atoms with van der Waals surface area (Å²) in [4.78, 5) is 21.1. The number of halogens is 2. The molecule has 3 heterocycles. The van der Waals surface area contributed by atoms with E-state index in [0.717, 1.165) is 11.3 Å². The Hall–Kier alpha value is -2.16. The summed E-state index contributed by atoms with van der Waals surface area (Å²) in [6, 6.07) is 7.72. The predicted octanol–water partition coefficient (Wildman–Crippen LogP) is 3.42. The van der Waals surface area contributed by atoms with E-state index < -0.39 is 17.3 Å². The molecule has 1 amide bonds. The smallest absolute Gasteiger partial charge is 0.274 e. The van der Waals surface area contributed by atoms with E-state index in [0.29, 0.717) is 29.8 Å². The lowest BCUT2D eigenvalue weighted by atomic mass is 9.75. The van der Waals surface area contributed by atoms with E-state index in [-0.39, 0.29) is 17.3 Å². The Morgan fingerprint density at radius 3 is 3.04 bits per heavy atom. The second-order valence-corrected chi connectivity index (χ2v) is 8.19. The van der Waals surface area contributed by atoms with Crippen molar-refractivity contribution in [1.82, 2.24) is 4.98 Å². The number of nitrogens with zero attached hydrogens (tertiary/aromatic N) is 2. The third kappa shape index (κ3) is 3.59. The number of fused-ring (bicyclic) bond motifs is 1. The van der Waals surface area contributed by atoms with Crippen molar-refractivity contribution in [3.63, 3.8) is 0 Å². The fourth-order valence-electron chi connectivity index (χ4n) is 3.57. The summed E-state index contributed by atoms with van der Waals surface area (Å²) in [7, 11) is 0. The maximum absolute atomic E-state index is 14.4. The highest BCUT2D eigenvalue weighted by atomic mass is 35.5. The Morgan fingerprint density at radius 2 is 2.25 bits per heavy atom. The summed E-state index contributed by atoms with van der Waals surface area (Å²) in [5.74, 6) is -0.141. The third-order valence-corrected chi connectivity index (χ3v) is 6.22. The van der Waals surface area contributed by atoms with Crippen molar-refractivity contribution in [3.8, 4) is 0 Å². The van der Waals surface area contributed by atoms with Crippen molar-refractivity contribution in [3.05, 3.63) is 58.6 Å². The van der Waals surface area contributed by atoms with Crippen LogP contribution in [0.3, 0.4) is 0 Å². The Bertz CT molecular complexity index is 940. The molecule has 0 spiro atoms. The molecule has 4 rings (SSSR count). The van der Waals surface area contributed by atoms with Crippen molar-refractivity contribution in [2.24, 2.45) is 16.6 Å². The molecule has 0 radical (unpaired) electrons. The molecule has 2 aliphatic rings. The Morgan fingerprint density at radius 1 is 1.39 bits per heavy atom. The highest BCUT2D eigenvalue weighted by Crippen LogP contribution is 2.45. The summed E-state index contributed by atoms with van der Waals surface area (Å²) in [5.41, 5.74) is 6.47. The molecule has 1 aromatic heterocycles. The van der Waals surface area contributed by atoms with Crippen LogP contribution >= 0.6 is 23.4 Å². The molecule has 146 valence electrons. The Balaban J connectivity index is 1.67. The van der Waals surface area contributed by atoms with Gasteiger partial charge in [-0.05, 0) is 29.8 Å². The lowest BCUT2D eigenvalue weighted by molar-refractivity contribution is 0.0101. The van der Waals surface area contributed by atoms with E-state index in [2.05, 4.69) is 10.3 Å². The predicted molar refractivity (Wildman–Crippen MR) is 108 cm³/mol. The van der Waals surface area contributed by atoms with E-state index in [1.807, 2.05) is 0 Å². The van der Waals surface area contributed by atoms with Crippen molar-refractivity contribution >= 4 is 40.1 Å². The number of rotatable bonds is 3.